The molecule has 0 aliphatic heterocycles. The highest BCUT2D eigenvalue weighted by atomic mass is 16.4. The van der Waals surface area contributed by atoms with Crippen molar-refractivity contribution in [2.45, 2.75) is 33.6 Å². The van der Waals surface area contributed by atoms with Gasteiger partial charge in [-0.3, -0.25) is 9.48 Å². The lowest BCUT2D eigenvalue weighted by Gasteiger charge is -2.03. The third kappa shape index (κ3) is 1.29. The van der Waals surface area contributed by atoms with Crippen LogP contribution in [0.1, 0.15) is 36.7 Å². The lowest BCUT2D eigenvalue weighted by molar-refractivity contribution is -0.139. The second kappa shape index (κ2) is 3.09. The quantitative estimate of drug-likeness (QED) is 0.831. The SMILES string of the molecule is Cc1nn(C)c(C)c1[C@H]1[C@H](C(=O)O)C1(C)C. The van der Waals surface area contributed by atoms with E-state index in [1.807, 2.05) is 39.4 Å². The van der Waals surface area contributed by atoms with E-state index in [-0.39, 0.29) is 17.3 Å². The number of hydrogen-bond donors (Lipinski definition) is 1. The van der Waals surface area contributed by atoms with Crippen LogP contribution in [-0.2, 0) is 11.8 Å². The van der Waals surface area contributed by atoms with Crippen LogP contribution in [0.25, 0.3) is 0 Å². The second-order valence-corrected chi connectivity index (χ2v) is 5.32. The number of carbonyl (C=O) groups is 1. The fourth-order valence-electron chi connectivity index (χ4n) is 2.88. The molecule has 4 nitrogen and oxygen atoms in total. The minimum atomic E-state index is -0.697. The molecule has 1 aliphatic rings. The molecule has 1 fully saturated rings. The summed E-state index contributed by atoms with van der Waals surface area (Å²) in [6, 6.07) is 0. The van der Waals surface area contributed by atoms with E-state index in [1.54, 1.807) is 0 Å². The van der Waals surface area contributed by atoms with Gasteiger partial charge >= 0.3 is 5.97 Å². The molecule has 0 aromatic carbocycles. The minimum absolute atomic E-state index is 0.110. The van der Waals surface area contributed by atoms with Crippen molar-refractivity contribution in [1.29, 1.82) is 0 Å². The van der Waals surface area contributed by atoms with Gasteiger partial charge in [-0.2, -0.15) is 5.10 Å². The van der Waals surface area contributed by atoms with Crippen LogP contribution in [-0.4, -0.2) is 20.9 Å². The third-order valence-corrected chi connectivity index (χ3v) is 3.97. The van der Waals surface area contributed by atoms with E-state index in [4.69, 9.17) is 0 Å². The maximum Gasteiger partial charge on any atom is 0.307 e. The van der Waals surface area contributed by atoms with Crippen molar-refractivity contribution in [1.82, 2.24) is 9.78 Å². The predicted molar refractivity (Wildman–Crippen MR) is 60.3 cm³/mol. The Hall–Kier alpha value is -1.32. The molecule has 1 heterocycles. The number of carboxylic acid groups (broad SMARTS) is 1. The van der Waals surface area contributed by atoms with Gasteiger partial charge in [0.1, 0.15) is 0 Å². The third-order valence-electron chi connectivity index (χ3n) is 3.97. The number of aryl methyl sites for hydroxylation is 2. The zero-order valence-corrected chi connectivity index (χ0v) is 10.4. The lowest BCUT2D eigenvalue weighted by atomic mass is 10.0. The largest absolute Gasteiger partial charge is 0.481 e. The van der Waals surface area contributed by atoms with E-state index in [2.05, 4.69) is 5.10 Å². The monoisotopic (exact) mass is 222 g/mol. The Balaban J connectivity index is 2.44. The predicted octanol–water partition coefficient (Wildman–Crippen LogP) is 1.86. The van der Waals surface area contributed by atoms with E-state index >= 15 is 0 Å². The molecule has 0 radical (unpaired) electrons. The molecule has 1 aromatic heterocycles. The molecule has 1 aliphatic carbocycles. The molecule has 2 rings (SSSR count). The molecule has 0 bridgehead atoms. The van der Waals surface area contributed by atoms with Crippen LogP contribution in [0.4, 0.5) is 0 Å². The molecule has 0 unspecified atom stereocenters. The van der Waals surface area contributed by atoms with Crippen molar-refractivity contribution in [3.8, 4) is 0 Å². The topological polar surface area (TPSA) is 55.1 Å². The Morgan fingerprint density at radius 1 is 1.44 bits per heavy atom. The van der Waals surface area contributed by atoms with Gasteiger partial charge in [0, 0.05) is 24.2 Å². The summed E-state index contributed by atoms with van der Waals surface area (Å²) in [5.41, 5.74) is 3.02. The number of nitrogens with zero attached hydrogens (tertiary/aromatic N) is 2. The molecule has 1 aromatic rings. The average Bonchev–Trinajstić information content (AvgIpc) is 2.59. The van der Waals surface area contributed by atoms with Gasteiger partial charge in [0.2, 0.25) is 0 Å². The van der Waals surface area contributed by atoms with Crippen LogP contribution in [0.2, 0.25) is 0 Å². The van der Waals surface area contributed by atoms with Gasteiger partial charge in [0.15, 0.2) is 0 Å². The molecule has 1 N–H and O–H groups in total. The van der Waals surface area contributed by atoms with Crippen molar-refractivity contribution < 1.29 is 9.90 Å². The first-order valence-corrected chi connectivity index (χ1v) is 5.51. The van der Waals surface area contributed by atoms with Gasteiger partial charge in [-0.1, -0.05) is 13.8 Å². The summed E-state index contributed by atoms with van der Waals surface area (Å²) in [6.45, 7) is 7.99. The smallest absolute Gasteiger partial charge is 0.307 e. The first-order chi connectivity index (χ1) is 7.28. The summed E-state index contributed by atoms with van der Waals surface area (Å²) in [4.78, 5) is 11.2. The molecule has 16 heavy (non-hydrogen) atoms. The molecule has 0 spiro atoms. The van der Waals surface area contributed by atoms with Gasteiger partial charge in [-0.05, 0) is 19.3 Å². The summed E-state index contributed by atoms with van der Waals surface area (Å²) in [7, 11) is 1.90. The highest BCUT2D eigenvalue weighted by Crippen LogP contribution is 2.65. The fourth-order valence-corrected chi connectivity index (χ4v) is 2.88. The molecular formula is C12H18N2O2. The van der Waals surface area contributed by atoms with Crippen LogP contribution < -0.4 is 0 Å². The number of hydrogen-bond acceptors (Lipinski definition) is 2. The van der Waals surface area contributed by atoms with Crippen molar-refractivity contribution in [3.63, 3.8) is 0 Å². The minimum Gasteiger partial charge on any atom is -0.481 e. The van der Waals surface area contributed by atoms with Crippen LogP contribution in [0.3, 0.4) is 0 Å². The van der Waals surface area contributed by atoms with Crippen molar-refractivity contribution >= 4 is 5.97 Å². The first-order valence-electron chi connectivity index (χ1n) is 5.51. The Morgan fingerprint density at radius 3 is 2.31 bits per heavy atom. The molecule has 0 amide bonds. The van der Waals surface area contributed by atoms with E-state index < -0.39 is 5.97 Å². The van der Waals surface area contributed by atoms with E-state index in [0.717, 1.165) is 17.0 Å². The van der Waals surface area contributed by atoms with Gasteiger partial charge in [0.05, 0.1) is 11.6 Å². The maximum atomic E-state index is 11.2. The second-order valence-electron chi connectivity index (χ2n) is 5.32. The van der Waals surface area contributed by atoms with Crippen molar-refractivity contribution in [2.75, 3.05) is 0 Å². The van der Waals surface area contributed by atoms with Gasteiger partial charge in [-0.15, -0.1) is 0 Å². The van der Waals surface area contributed by atoms with Crippen molar-refractivity contribution in [3.05, 3.63) is 17.0 Å². The molecule has 1 saturated carbocycles. The molecule has 0 saturated heterocycles. The molecule has 4 heteroatoms. The van der Waals surface area contributed by atoms with Gasteiger partial charge in [0.25, 0.3) is 0 Å². The van der Waals surface area contributed by atoms with E-state index in [1.165, 1.54) is 0 Å². The Labute approximate surface area is 95.3 Å². The van der Waals surface area contributed by atoms with E-state index in [0.29, 0.717) is 0 Å². The van der Waals surface area contributed by atoms with E-state index in [9.17, 15) is 9.90 Å². The number of carboxylic acids is 1. The van der Waals surface area contributed by atoms with Gasteiger partial charge in [-0.25, -0.2) is 0 Å². The normalized spacial score (nSPS) is 26.8. The summed E-state index contributed by atoms with van der Waals surface area (Å²) >= 11 is 0. The number of aromatic nitrogens is 2. The van der Waals surface area contributed by atoms with Gasteiger partial charge < -0.3 is 5.11 Å². The summed E-state index contributed by atoms with van der Waals surface area (Å²) in [6.07, 6.45) is 0. The zero-order valence-electron chi connectivity index (χ0n) is 10.4. The highest BCUT2D eigenvalue weighted by Gasteiger charge is 2.63. The summed E-state index contributed by atoms with van der Waals surface area (Å²) in [5.74, 6) is -0.856. The fraction of sp³-hybridized carbons (Fsp3) is 0.667. The Kier molecular flexibility index (Phi) is 2.16. The number of rotatable bonds is 2. The van der Waals surface area contributed by atoms with Crippen LogP contribution in [0, 0.1) is 25.2 Å². The number of aliphatic carboxylic acids is 1. The Bertz CT molecular complexity index is 460. The summed E-state index contributed by atoms with van der Waals surface area (Å²) < 4.78 is 1.83. The zero-order chi connectivity index (χ0) is 12.2. The highest BCUT2D eigenvalue weighted by molar-refractivity contribution is 5.78. The van der Waals surface area contributed by atoms with Crippen LogP contribution >= 0.6 is 0 Å². The molecule has 2 atom stereocenters. The molecule has 88 valence electrons. The van der Waals surface area contributed by atoms with Crippen LogP contribution in [0.15, 0.2) is 0 Å². The first kappa shape index (κ1) is 11.2. The molecular weight excluding hydrogens is 204 g/mol. The Morgan fingerprint density at radius 2 is 2.00 bits per heavy atom. The standard InChI is InChI=1S/C12H18N2O2/c1-6-8(7(2)14(5)13-6)9-10(11(15)16)12(9,3)4/h9-10H,1-5H3,(H,15,16)/t9-,10+/m0/s1. The van der Waals surface area contributed by atoms with Crippen LogP contribution in [0.5, 0.6) is 0 Å². The lowest BCUT2D eigenvalue weighted by Crippen LogP contribution is -2.03. The average molecular weight is 222 g/mol. The maximum absolute atomic E-state index is 11.2. The summed E-state index contributed by atoms with van der Waals surface area (Å²) in [5, 5.41) is 13.5. The van der Waals surface area contributed by atoms with Crippen molar-refractivity contribution in [2.24, 2.45) is 18.4 Å².